The van der Waals surface area contributed by atoms with Gasteiger partial charge < -0.3 is 0 Å². The van der Waals surface area contributed by atoms with Gasteiger partial charge in [0.2, 0.25) is 0 Å². The highest BCUT2D eigenvalue weighted by atomic mass is 19.4. The minimum Gasteiger partial charge on any atom is -0.284 e. The first kappa shape index (κ1) is 24.7. The molecule has 0 radical (unpaired) electrons. The molecule has 182 valence electrons. The molecular formula is C29H32F4O. The SMILES string of the molecule is CCC(C)C1CCC(c2ccc(-c3ccc(C4=CCC(OC(F)(F)F)C=C4)cc3)c(F)c2)CC1. The molecule has 2 aliphatic carbocycles. The Balaban J connectivity index is 1.40. The maximum absolute atomic E-state index is 15.1. The van der Waals surface area contributed by atoms with Crippen LogP contribution in [0.3, 0.4) is 0 Å². The lowest BCUT2D eigenvalue weighted by Crippen LogP contribution is -2.22. The van der Waals surface area contributed by atoms with Crippen molar-refractivity contribution in [1.82, 2.24) is 0 Å². The van der Waals surface area contributed by atoms with Gasteiger partial charge in [-0.3, -0.25) is 4.74 Å². The number of allylic oxidation sites excluding steroid dienone is 2. The van der Waals surface area contributed by atoms with Crippen molar-refractivity contribution in [2.75, 3.05) is 0 Å². The summed E-state index contributed by atoms with van der Waals surface area (Å²) >= 11 is 0. The fourth-order valence-electron chi connectivity index (χ4n) is 5.29. The van der Waals surface area contributed by atoms with Crippen LogP contribution in [0.25, 0.3) is 16.7 Å². The molecule has 0 saturated heterocycles. The topological polar surface area (TPSA) is 9.23 Å². The van der Waals surface area contributed by atoms with Crippen LogP contribution in [-0.2, 0) is 4.74 Å². The van der Waals surface area contributed by atoms with E-state index in [2.05, 4.69) is 24.7 Å². The Morgan fingerprint density at radius 1 is 0.971 bits per heavy atom. The first-order valence-electron chi connectivity index (χ1n) is 12.3. The summed E-state index contributed by atoms with van der Waals surface area (Å²) in [6.07, 6.45) is 5.22. The number of rotatable bonds is 6. The van der Waals surface area contributed by atoms with Crippen LogP contribution in [0.4, 0.5) is 17.6 Å². The average molecular weight is 473 g/mol. The van der Waals surface area contributed by atoms with Crippen molar-refractivity contribution in [3.63, 3.8) is 0 Å². The lowest BCUT2D eigenvalue weighted by atomic mass is 9.73. The third-order valence-corrected chi connectivity index (χ3v) is 7.56. The van der Waals surface area contributed by atoms with Crippen molar-refractivity contribution in [2.45, 2.75) is 70.8 Å². The van der Waals surface area contributed by atoms with Crippen LogP contribution in [0.5, 0.6) is 0 Å². The minimum absolute atomic E-state index is 0.155. The van der Waals surface area contributed by atoms with E-state index in [9.17, 15) is 13.2 Å². The predicted molar refractivity (Wildman–Crippen MR) is 129 cm³/mol. The van der Waals surface area contributed by atoms with Crippen molar-refractivity contribution in [1.29, 1.82) is 0 Å². The van der Waals surface area contributed by atoms with Crippen LogP contribution >= 0.6 is 0 Å². The summed E-state index contributed by atoms with van der Waals surface area (Å²) < 4.78 is 56.2. The van der Waals surface area contributed by atoms with Crippen LogP contribution in [0, 0.1) is 17.7 Å². The summed E-state index contributed by atoms with van der Waals surface area (Å²) in [6.45, 7) is 4.59. The number of ether oxygens (including phenoxy) is 1. The molecule has 0 bridgehead atoms. The standard InChI is InChI=1S/C29H32F4O/c1-3-19(2)20-4-6-23(7-5-20)25-14-17-27(28(30)18-25)24-10-8-21(9-11-24)22-12-15-26(16-13-22)34-29(31,32)33/h8-15,17-20,23,26H,3-7,16H2,1-2H3. The minimum atomic E-state index is -4.64. The van der Waals surface area contributed by atoms with Crippen molar-refractivity contribution >= 4 is 5.57 Å². The van der Waals surface area contributed by atoms with Gasteiger partial charge in [-0.15, -0.1) is 13.2 Å². The Hall–Kier alpha value is -2.40. The summed E-state index contributed by atoms with van der Waals surface area (Å²) in [5, 5.41) is 0. The van der Waals surface area contributed by atoms with E-state index in [1.165, 1.54) is 25.3 Å². The van der Waals surface area contributed by atoms with E-state index < -0.39 is 12.5 Å². The van der Waals surface area contributed by atoms with E-state index in [4.69, 9.17) is 0 Å². The Kier molecular flexibility index (Phi) is 7.61. The molecule has 0 spiro atoms. The molecular weight excluding hydrogens is 440 g/mol. The van der Waals surface area contributed by atoms with Crippen LogP contribution in [0.15, 0.2) is 60.7 Å². The van der Waals surface area contributed by atoms with E-state index in [1.54, 1.807) is 18.2 Å². The van der Waals surface area contributed by atoms with Crippen molar-refractivity contribution < 1.29 is 22.3 Å². The number of halogens is 4. The third kappa shape index (κ3) is 5.99. The van der Waals surface area contributed by atoms with Gasteiger partial charge in [0.1, 0.15) is 5.82 Å². The highest BCUT2D eigenvalue weighted by Crippen LogP contribution is 2.40. The predicted octanol–water partition coefficient (Wildman–Crippen LogP) is 9.06. The van der Waals surface area contributed by atoms with E-state index in [0.717, 1.165) is 46.9 Å². The second-order valence-corrected chi connectivity index (χ2v) is 9.67. The Bertz CT molecular complexity index is 1030. The van der Waals surface area contributed by atoms with Gasteiger partial charge in [-0.05, 0) is 78.2 Å². The summed E-state index contributed by atoms with van der Waals surface area (Å²) in [5.41, 5.74) is 4.15. The van der Waals surface area contributed by atoms with Gasteiger partial charge in [0, 0.05) is 5.56 Å². The molecule has 0 aliphatic heterocycles. The van der Waals surface area contributed by atoms with E-state index >= 15 is 4.39 Å². The quantitative estimate of drug-likeness (QED) is 0.381. The van der Waals surface area contributed by atoms with Gasteiger partial charge in [-0.1, -0.05) is 74.9 Å². The fourth-order valence-corrected chi connectivity index (χ4v) is 5.29. The van der Waals surface area contributed by atoms with Crippen molar-refractivity contribution in [2.24, 2.45) is 11.8 Å². The summed E-state index contributed by atoms with van der Waals surface area (Å²) in [6, 6.07) is 13.1. The van der Waals surface area contributed by atoms with Gasteiger partial charge in [0.05, 0.1) is 6.10 Å². The molecule has 2 aromatic rings. The average Bonchev–Trinajstić information content (AvgIpc) is 2.83. The Morgan fingerprint density at radius 3 is 2.21 bits per heavy atom. The smallest absolute Gasteiger partial charge is 0.284 e. The van der Waals surface area contributed by atoms with Crippen LogP contribution < -0.4 is 0 Å². The van der Waals surface area contributed by atoms with Crippen molar-refractivity contribution in [3.8, 4) is 11.1 Å². The van der Waals surface area contributed by atoms with Crippen LogP contribution in [0.2, 0.25) is 0 Å². The number of benzene rings is 2. The molecule has 1 saturated carbocycles. The second kappa shape index (κ2) is 10.5. The first-order valence-corrected chi connectivity index (χ1v) is 12.3. The molecule has 4 rings (SSSR count). The normalized spacial score (nSPS) is 24.1. The molecule has 0 aromatic heterocycles. The summed E-state index contributed by atoms with van der Waals surface area (Å²) in [7, 11) is 0. The van der Waals surface area contributed by atoms with Gasteiger partial charge in [0.25, 0.3) is 0 Å². The molecule has 2 atom stereocenters. The number of hydrogen-bond acceptors (Lipinski definition) is 1. The molecule has 1 nitrogen and oxygen atoms in total. The lowest BCUT2D eigenvalue weighted by molar-refractivity contribution is -0.335. The molecule has 2 unspecified atom stereocenters. The van der Waals surface area contributed by atoms with Gasteiger partial charge in [-0.25, -0.2) is 4.39 Å². The van der Waals surface area contributed by atoms with E-state index in [1.807, 2.05) is 30.3 Å². The van der Waals surface area contributed by atoms with Gasteiger partial charge in [-0.2, -0.15) is 0 Å². The van der Waals surface area contributed by atoms with Crippen molar-refractivity contribution in [3.05, 3.63) is 77.6 Å². The molecule has 0 N–H and O–H groups in total. The molecule has 0 amide bonds. The monoisotopic (exact) mass is 472 g/mol. The van der Waals surface area contributed by atoms with Crippen LogP contribution in [0.1, 0.15) is 69.4 Å². The summed E-state index contributed by atoms with van der Waals surface area (Å²) in [4.78, 5) is 0. The highest BCUT2D eigenvalue weighted by molar-refractivity contribution is 5.77. The zero-order valence-electron chi connectivity index (χ0n) is 19.7. The highest BCUT2D eigenvalue weighted by Gasteiger charge is 2.33. The number of hydrogen-bond donors (Lipinski definition) is 0. The first-order chi connectivity index (χ1) is 16.2. The summed E-state index contributed by atoms with van der Waals surface area (Å²) in [5.74, 6) is 1.78. The van der Waals surface area contributed by atoms with Crippen LogP contribution in [-0.4, -0.2) is 12.5 Å². The zero-order valence-corrected chi connectivity index (χ0v) is 19.7. The fraction of sp³-hybridized carbons (Fsp3) is 0.448. The molecule has 2 aliphatic rings. The maximum Gasteiger partial charge on any atom is 0.523 e. The molecule has 2 aromatic carbocycles. The number of alkyl halides is 3. The van der Waals surface area contributed by atoms with Gasteiger partial charge >= 0.3 is 6.36 Å². The largest absolute Gasteiger partial charge is 0.523 e. The maximum atomic E-state index is 15.1. The van der Waals surface area contributed by atoms with E-state index in [-0.39, 0.29) is 12.2 Å². The Labute approximate surface area is 199 Å². The third-order valence-electron chi connectivity index (χ3n) is 7.56. The molecule has 34 heavy (non-hydrogen) atoms. The lowest BCUT2D eigenvalue weighted by Gasteiger charge is -2.32. The second-order valence-electron chi connectivity index (χ2n) is 9.67. The zero-order chi connectivity index (χ0) is 24.3. The Morgan fingerprint density at radius 2 is 1.65 bits per heavy atom. The molecule has 5 heteroatoms. The molecule has 0 heterocycles. The molecule has 1 fully saturated rings. The van der Waals surface area contributed by atoms with E-state index in [0.29, 0.717) is 11.5 Å². The van der Waals surface area contributed by atoms with Gasteiger partial charge in [0.15, 0.2) is 0 Å².